The Balaban J connectivity index is 1.25. The maximum absolute atomic E-state index is 12.7. The zero-order valence-electron chi connectivity index (χ0n) is 16.5. The van der Waals surface area contributed by atoms with Crippen LogP contribution < -0.4 is 0 Å². The number of carbonyl (C=O) groups excluding carboxylic acids is 2. The van der Waals surface area contributed by atoms with Gasteiger partial charge in [-0.3, -0.25) is 19.6 Å². The van der Waals surface area contributed by atoms with Gasteiger partial charge in [0.1, 0.15) is 5.69 Å². The number of hydrogen-bond acceptors (Lipinski definition) is 4. The SMILES string of the molecule is CC1CC(C)CN(C(=O)CN2CCN(C(=O)c3cc(C4CC4)[nH]n3)CC2)C1. The Kier molecular flexibility index (Phi) is 5.21. The van der Waals surface area contributed by atoms with Crippen LogP contribution in [0.3, 0.4) is 0 Å². The third-order valence-corrected chi connectivity index (χ3v) is 6.07. The lowest BCUT2D eigenvalue weighted by molar-refractivity contribution is -0.135. The second-order valence-corrected chi connectivity index (χ2v) is 8.80. The summed E-state index contributed by atoms with van der Waals surface area (Å²) in [6, 6.07) is 1.91. The molecule has 3 fully saturated rings. The Hall–Kier alpha value is -1.89. The molecule has 2 atom stereocenters. The molecule has 1 aromatic heterocycles. The lowest BCUT2D eigenvalue weighted by atomic mass is 9.92. The first-order valence-electron chi connectivity index (χ1n) is 10.3. The number of rotatable bonds is 4. The minimum absolute atomic E-state index is 0.00260. The van der Waals surface area contributed by atoms with Crippen LogP contribution in [0.5, 0.6) is 0 Å². The predicted molar refractivity (Wildman–Crippen MR) is 102 cm³/mol. The maximum Gasteiger partial charge on any atom is 0.274 e. The van der Waals surface area contributed by atoms with Crippen LogP contribution in [0.15, 0.2) is 6.07 Å². The molecule has 2 saturated heterocycles. The molecule has 2 unspecified atom stereocenters. The van der Waals surface area contributed by atoms with Gasteiger partial charge in [-0.05, 0) is 37.2 Å². The molecule has 7 heteroatoms. The minimum Gasteiger partial charge on any atom is -0.341 e. The molecular formula is C20H31N5O2. The van der Waals surface area contributed by atoms with Gasteiger partial charge >= 0.3 is 0 Å². The molecule has 2 aliphatic heterocycles. The summed E-state index contributed by atoms with van der Waals surface area (Å²) in [6.07, 6.45) is 3.59. The number of piperazine rings is 1. The van der Waals surface area contributed by atoms with Crippen LogP contribution in [0.4, 0.5) is 0 Å². The molecule has 3 aliphatic rings. The van der Waals surface area contributed by atoms with Gasteiger partial charge in [0.15, 0.2) is 0 Å². The van der Waals surface area contributed by atoms with Crippen LogP contribution in [-0.4, -0.2) is 82.5 Å². The van der Waals surface area contributed by atoms with Crippen molar-refractivity contribution in [3.63, 3.8) is 0 Å². The summed E-state index contributed by atoms with van der Waals surface area (Å²) in [6.45, 7) is 9.49. The van der Waals surface area contributed by atoms with E-state index in [0.29, 0.717) is 43.1 Å². The quantitative estimate of drug-likeness (QED) is 0.869. The van der Waals surface area contributed by atoms with Crippen LogP contribution in [0.25, 0.3) is 0 Å². The van der Waals surface area contributed by atoms with E-state index in [1.165, 1.54) is 19.3 Å². The highest BCUT2D eigenvalue weighted by Gasteiger charge is 2.30. The van der Waals surface area contributed by atoms with E-state index >= 15 is 0 Å². The van der Waals surface area contributed by atoms with E-state index in [9.17, 15) is 9.59 Å². The second kappa shape index (κ2) is 7.62. The van der Waals surface area contributed by atoms with Gasteiger partial charge in [-0.25, -0.2) is 0 Å². The molecule has 3 heterocycles. The van der Waals surface area contributed by atoms with Crippen LogP contribution >= 0.6 is 0 Å². The summed E-state index contributed by atoms with van der Waals surface area (Å²) >= 11 is 0. The van der Waals surface area contributed by atoms with Crippen LogP contribution in [-0.2, 0) is 4.79 Å². The van der Waals surface area contributed by atoms with E-state index in [2.05, 4.69) is 28.9 Å². The Labute approximate surface area is 161 Å². The molecule has 4 rings (SSSR count). The van der Waals surface area contributed by atoms with Gasteiger partial charge in [0.05, 0.1) is 6.54 Å². The number of nitrogens with zero attached hydrogens (tertiary/aromatic N) is 4. The third kappa shape index (κ3) is 4.34. The Morgan fingerprint density at radius 2 is 1.74 bits per heavy atom. The van der Waals surface area contributed by atoms with Gasteiger partial charge in [-0.15, -0.1) is 0 Å². The van der Waals surface area contributed by atoms with E-state index < -0.39 is 0 Å². The molecule has 148 valence electrons. The van der Waals surface area contributed by atoms with Crippen LogP contribution in [0.2, 0.25) is 0 Å². The highest BCUT2D eigenvalue weighted by atomic mass is 16.2. The molecule has 0 radical (unpaired) electrons. The molecule has 1 aromatic rings. The van der Waals surface area contributed by atoms with Gasteiger partial charge in [0, 0.05) is 50.9 Å². The van der Waals surface area contributed by atoms with Gasteiger partial charge < -0.3 is 9.80 Å². The average molecular weight is 374 g/mol. The molecule has 0 aromatic carbocycles. The molecule has 0 spiro atoms. The summed E-state index contributed by atoms with van der Waals surface area (Å²) in [5, 5.41) is 7.21. The van der Waals surface area contributed by atoms with Gasteiger partial charge in [0.25, 0.3) is 5.91 Å². The molecule has 1 saturated carbocycles. The highest BCUT2D eigenvalue weighted by molar-refractivity contribution is 5.92. The van der Waals surface area contributed by atoms with E-state index in [4.69, 9.17) is 0 Å². The van der Waals surface area contributed by atoms with Gasteiger partial charge in [-0.2, -0.15) is 5.10 Å². The lowest BCUT2D eigenvalue weighted by Gasteiger charge is -2.38. The maximum atomic E-state index is 12.7. The Bertz CT molecular complexity index is 680. The van der Waals surface area contributed by atoms with Crippen LogP contribution in [0, 0.1) is 11.8 Å². The number of H-pyrrole nitrogens is 1. The molecule has 2 amide bonds. The smallest absolute Gasteiger partial charge is 0.274 e. The number of hydrogen-bond donors (Lipinski definition) is 1. The standard InChI is InChI=1S/C20H31N5O2/c1-14-9-15(2)12-25(11-14)19(26)13-23-5-7-24(8-6-23)20(27)18-10-17(21-22-18)16-3-4-16/h10,14-16H,3-9,11-13H2,1-2H3,(H,21,22). The number of amides is 2. The number of piperidine rings is 1. The first-order chi connectivity index (χ1) is 13.0. The molecule has 7 nitrogen and oxygen atoms in total. The summed E-state index contributed by atoms with van der Waals surface area (Å²) in [7, 11) is 0. The lowest BCUT2D eigenvalue weighted by Crippen LogP contribution is -2.53. The number of carbonyl (C=O) groups is 2. The molecule has 1 N–H and O–H groups in total. The average Bonchev–Trinajstić information content (AvgIpc) is 3.38. The Morgan fingerprint density at radius 1 is 1.07 bits per heavy atom. The fourth-order valence-corrected chi connectivity index (χ4v) is 4.48. The second-order valence-electron chi connectivity index (χ2n) is 8.80. The number of likely N-dealkylation sites (tertiary alicyclic amines) is 1. The minimum atomic E-state index is 0.00260. The summed E-state index contributed by atoms with van der Waals surface area (Å²) < 4.78 is 0. The normalized spacial score (nSPS) is 27.0. The van der Waals surface area contributed by atoms with E-state index in [1.807, 2.05) is 15.9 Å². The number of aromatic nitrogens is 2. The van der Waals surface area contributed by atoms with Crippen molar-refractivity contribution in [1.29, 1.82) is 0 Å². The Morgan fingerprint density at radius 3 is 2.37 bits per heavy atom. The van der Waals surface area contributed by atoms with Crippen molar-refractivity contribution in [1.82, 2.24) is 24.9 Å². The van der Waals surface area contributed by atoms with Crippen molar-refractivity contribution in [3.8, 4) is 0 Å². The first-order valence-corrected chi connectivity index (χ1v) is 10.3. The van der Waals surface area contributed by atoms with Crippen molar-refractivity contribution in [3.05, 3.63) is 17.5 Å². The first kappa shape index (κ1) is 18.5. The highest BCUT2D eigenvalue weighted by Crippen LogP contribution is 2.39. The van der Waals surface area contributed by atoms with Gasteiger partial charge in [0.2, 0.25) is 5.91 Å². The zero-order valence-corrected chi connectivity index (χ0v) is 16.5. The molecule has 27 heavy (non-hydrogen) atoms. The van der Waals surface area contributed by atoms with E-state index in [0.717, 1.165) is 31.9 Å². The van der Waals surface area contributed by atoms with Crippen molar-refractivity contribution >= 4 is 11.8 Å². The van der Waals surface area contributed by atoms with E-state index in [1.54, 1.807) is 0 Å². The van der Waals surface area contributed by atoms with E-state index in [-0.39, 0.29) is 11.8 Å². The molecule has 0 bridgehead atoms. The summed E-state index contributed by atoms with van der Waals surface area (Å²) in [5.41, 5.74) is 1.62. The third-order valence-electron chi connectivity index (χ3n) is 6.07. The largest absolute Gasteiger partial charge is 0.341 e. The summed E-state index contributed by atoms with van der Waals surface area (Å²) in [5.74, 6) is 1.97. The fourth-order valence-electron chi connectivity index (χ4n) is 4.48. The fraction of sp³-hybridized carbons (Fsp3) is 0.750. The molecular weight excluding hydrogens is 342 g/mol. The summed E-state index contributed by atoms with van der Waals surface area (Å²) in [4.78, 5) is 31.4. The monoisotopic (exact) mass is 373 g/mol. The van der Waals surface area contributed by atoms with Crippen molar-refractivity contribution in [2.45, 2.75) is 39.0 Å². The van der Waals surface area contributed by atoms with Crippen molar-refractivity contribution in [2.75, 3.05) is 45.8 Å². The number of aromatic amines is 1. The number of nitrogens with one attached hydrogen (secondary N) is 1. The molecule has 1 aliphatic carbocycles. The van der Waals surface area contributed by atoms with Crippen LogP contribution in [0.1, 0.15) is 55.2 Å². The topological polar surface area (TPSA) is 72.5 Å². The van der Waals surface area contributed by atoms with Crippen molar-refractivity contribution in [2.24, 2.45) is 11.8 Å². The predicted octanol–water partition coefficient (Wildman–Crippen LogP) is 1.55. The van der Waals surface area contributed by atoms with Gasteiger partial charge in [-0.1, -0.05) is 13.8 Å². The van der Waals surface area contributed by atoms with Crippen molar-refractivity contribution < 1.29 is 9.59 Å². The zero-order chi connectivity index (χ0) is 19.0.